The number of ether oxygens (including phenoxy) is 1. The van der Waals surface area contributed by atoms with Gasteiger partial charge in [-0.25, -0.2) is 4.79 Å². The molecule has 0 aromatic carbocycles. The molecule has 0 heterocycles. The van der Waals surface area contributed by atoms with Crippen LogP contribution in [0.5, 0.6) is 0 Å². The van der Waals surface area contributed by atoms with Crippen LogP contribution in [0.25, 0.3) is 0 Å². The molecule has 0 saturated carbocycles. The molecule has 3 N–H and O–H groups in total. The topological polar surface area (TPSA) is 87.0 Å². The van der Waals surface area contributed by atoms with Gasteiger partial charge in [0.05, 0.1) is 6.61 Å². The standard InChI is InChI=1S/C4H8O3.2C3H8O/c1-2-7-4(6)3-5;2*1-2-3-4/h5H,2-3H2,1H3;2*4H,2-3H2,1H3. The Morgan fingerprint density at radius 2 is 1.33 bits per heavy atom. The van der Waals surface area contributed by atoms with Crippen LogP contribution in [0.1, 0.15) is 33.6 Å². The average Bonchev–Trinajstić information content (AvgIpc) is 2.30. The van der Waals surface area contributed by atoms with Gasteiger partial charge in [0.25, 0.3) is 0 Å². The maximum absolute atomic E-state index is 9.94. The highest BCUT2D eigenvalue weighted by atomic mass is 16.5. The molecule has 94 valence electrons. The van der Waals surface area contributed by atoms with E-state index in [0.717, 1.165) is 12.8 Å². The first-order chi connectivity index (χ1) is 7.14. The second kappa shape index (κ2) is 23.3. The predicted molar refractivity (Wildman–Crippen MR) is 58.5 cm³/mol. The largest absolute Gasteiger partial charge is 0.464 e. The summed E-state index contributed by atoms with van der Waals surface area (Å²) in [5, 5.41) is 23.7. The quantitative estimate of drug-likeness (QED) is 0.599. The summed E-state index contributed by atoms with van der Waals surface area (Å²) in [6.45, 7) is 6.00. The molecule has 0 aromatic rings. The molecule has 0 aliphatic rings. The number of rotatable bonds is 4. The minimum Gasteiger partial charge on any atom is -0.464 e. The van der Waals surface area contributed by atoms with Gasteiger partial charge in [0.2, 0.25) is 0 Å². The summed E-state index contributed by atoms with van der Waals surface area (Å²) in [4.78, 5) is 9.94. The Kier molecular flexibility index (Phi) is 30.8. The van der Waals surface area contributed by atoms with Gasteiger partial charge in [-0.15, -0.1) is 0 Å². The first kappa shape index (κ1) is 19.9. The molecule has 0 radical (unpaired) electrons. The summed E-state index contributed by atoms with van der Waals surface area (Å²) in [6.07, 6.45) is 1.75. The zero-order valence-electron chi connectivity index (χ0n) is 9.90. The Morgan fingerprint density at radius 1 is 1.00 bits per heavy atom. The molecule has 0 aromatic heterocycles. The van der Waals surface area contributed by atoms with Crippen LogP contribution in [-0.2, 0) is 9.53 Å². The normalized spacial score (nSPS) is 7.87. The highest BCUT2D eigenvalue weighted by molar-refractivity contribution is 5.70. The lowest BCUT2D eigenvalue weighted by atomic mass is 10.5. The van der Waals surface area contributed by atoms with E-state index in [1.165, 1.54) is 0 Å². The molecule has 0 saturated heterocycles. The van der Waals surface area contributed by atoms with Gasteiger partial charge in [0, 0.05) is 13.2 Å². The third kappa shape index (κ3) is 42.7. The van der Waals surface area contributed by atoms with E-state index >= 15 is 0 Å². The van der Waals surface area contributed by atoms with E-state index in [-0.39, 0.29) is 0 Å². The van der Waals surface area contributed by atoms with Gasteiger partial charge < -0.3 is 20.1 Å². The van der Waals surface area contributed by atoms with Gasteiger partial charge in [-0.2, -0.15) is 0 Å². The molecule has 5 nitrogen and oxygen atoms in total. The lowest BCUT2D eigenvalue weighted by molar-refractivity contribution is -0.146. The van der Waals surface area contributed by atoms with Crippen LogP contribution < -0.4 is 0 Å². The van der Waals surface area contributed by atoms with Crippen LogP contribution in [-0.4, -0.2) is 47.7 Å². The Labute approximate surface area is 91.7 Å². The van der Waals surface area contributed by atoms with Crippen molar-refractivity contribution in [3.8, 4) is 0 Å². The molecule has 0 aliphatic carbocycles. The van der Waals surface area contributed by atoms with Gasteiger partial charge in [0.15, 0.2) is 0 Å². The van der Waals surface area contributed by atoms with Crippen LogP contribution in [0.4, 0.5) is 0 Å². The van der Waals surface area contributed by atoms with Crippen molar-refractivity contribution in [2.45, 2.75) is 33.6 Å². The lowest BCUT2D eigenvalue weighted by Gasteiger charge is -1.93. The molecule has 0 rings (SSSR count). The van der Waals surface area contributed by atoms with Gasteiger partial charge in [-0.05, 0) is 19.8 Å². The van der Waals surface area contributed by atoms with Crippen LogP contribution in [0.3, 0.4) is 0 Å². The van der Waals surface area contributed by atoms with Crippen molar-refractivity contribution in [3.63, 3.8) is 0 Å². The summed E-state index contributed by atoms with van der Waals surface area (Å²) in [7, 11) is 0. The number of hydrogen-bond donors (Lipinski definition) is 3. The minimum absolute atomic E-state index is 0.319. The highest BCUT2D eigenvalue weighted by Gasteiger charge is 1.92. The molecule has 0 aliphatic heterocycles. The monoisotopic (exact) mass is 224 g/mol. The number of aliphatic hydroxyl groups is 3. The van der Waals surface area contributed by atoms with E-state index in [2.05, 4.69) is 4.74 Å². The maximum atomic E-state index is 9.94. The molecule has 0 unspecified atom stereocenters. The van der Waals surface area contributed by atoms with E-state index < -0.39 is 12.6 Å². The van der Waals surface area contributed by atoms with Crippen LogP contribution in [0.15, 0.2) is 0 Å². The first-order valence-electron chi connectivity index (χ1n) is 5.12. The van der Waals surface area contributed by atoms with Gasteiger partial charge in [0.1, 0.15) is 6.61 Å². The van der Waals surface area contributed by atoms with Gasteiger partial charge in [-0.1, -0.05) is 13.8 Å². The van der Waals surface area contributed by atoms with Crippen molar-refractivity contribution in [2.75, 3.05) is 26.4 Å². The van der Waals surface area contributed by atoms with Crippen LogP contribution in [0, 0.1) is 0 Å². The van der Waals surface area contributed by atoms with Crippen molar-refractivity contribution in [3.05, 3.63) is 0 Å². The molecular formula is C10H24O5. The molecule has 15 heavy (non-hydrogen) atoms. The van der Waals surface area contributed by atoms with Crippen LogP contribution >= 0.6 is 0 Å². The zero-order valence-corrected chi connectivity index (χ0v) is 9.90. The van der Waals surface area contributed by atoms with E-state index in [0.29, 0.717) is 19.8 Å². The number of aliphatic hydroxyl groups excluding tert-OH is 3. The Balaban J connectivity index is -0.000000155. The number of carbonyl (C=O) groups is 1. The Morgan fingerprint density at radius 3 is 1.40 bits per heavy atom. The van der Waals surface area contributed by atoms with E-state index in [9.17, 15) is 4.79 Å². The molecule has 0 fully saturated rings. The van der Waals surface area contributed by atoms with E-state index in [1.807, 2.05) is 13.8 Å². The van der Waals surface area contributed by atoms with Crippen molar-refractivity contribution in [1.82, 2.24) is 0 Å². The zero-order chi connectivity index (χ0) is 12.5. The SMILES string of the molecule is CCCO.CCCO.CCOC(=O)CO. The Hall–Kier alpha value is -0.650. The van der Waals surface area contributed by atoms with Gasteiger partial charge in [-0.3, -0.25) is 0 Å². The summed E-state index contributed by atoms with van der Waals surface area (Å²) in [5.74, 6) is -0.567. The molecule has 5 heteroatoms. The fourth-order valence-corrected chi connectivity index (χ4v) is 0.207. The third-order valence-electron chi connectivity index (χ3n) is 0.882. The second-order valence-corrected chi connectivity index (χ2v) is 2.41. The minimum atomic E-state index is -0.567. The van der Waals surface area contributed by atoms with Crippen LogP contribution in [0.2, 0.25) is 0 Å². The van der Waals surface area contributed by atoms with Crippen molar-refractivity contribution in [2.24, 2.45) is 0 Å². The third-order valence-corrected chi connectivity index (χ3v) is 0.882. The molecule has 0 amide bonds. The lowest BCUT2D eigenvalue weighted by Crippen LogP contribution is -2.07. The average molecular weight is 224 g/mol. The first-order valence-corrected chi connectivity index (χ1v) is 5.12. The predicted octanol–water partition coefficient (Wildman–Crippen LogP) is 0.319. The molecule has 0 atom stereocenters. The molecule has 0 bridgehead atoms. The van der Waals surface area contributed by atoms with Crippen molar-refractivity contribution < 1.29 is 24.9 Å². The Bertz CT molecular complexity index is 98.0. The molecule has 0 spiro atoms. The van der Waals surface area contributed by atoms with Gasteiger partial charge >= 0.3 is 5.97 Å². The van der Waals surface area contributed by atoms with Crippen molar-refractivity contribution >= 4 is 5.97 Å². The second-order valence-electron chi connectivity index (χ2n) is 2.41. The number of esters is 1. The number of hydrogen-bond acceptors (Lipinski definition) is 5. The fraction of sp³-hybridized carbons (Fsp3) is 0.900. The fourth-order valence-electron chi connectivity index (χ4n) is 0.207. The van der Waals surface area contributed by atoms with E-state index in [4.69, 9.17) is 15.3 Å². The van der Waals surface area contributed by atoms with Crippen molar-refractivity contribution in [1.29, 1.82) is 0 Å². The smallest absolute Gasteiger partial charge is 0.331 e. The summed E-state index contributed by atoms with van der Waals surface area (Å²) >= 11 is 0. The van der Waals surface area contributed by atoms with E-state index in [1.54, 1.807) is 6.92 Å². The summed E-state index contributed by atoms with van der Waals surface area (Å²) in [5.41, 5.74) is 0. The molecular weight excluding hydrogens is 200 g/mol. The number of carbonyl (C=O) groups excluding carboxylic acids is 1. The summed E-state index contributed by atoms with van der Waals surface area (Å²) < 4.78 is 4.30. The highest BCUT2D eigenvalue weighted by Crippen LogP contribution is 1.71. The summed E-state index contributed by atoms with van der Waals surface area (Å²) in [6, 6.07) is 0. The maximum Gasteiger partial charge on any atom is 0.331 e.